The summed E-state index contributed by atoms with van der Waals surface area (Å²) in [6.07, 6.45) is 0.878. The van der Waals surface area contributed by atoms with Crippen molar-refractivity contribution in [1.82, 2.24) is 0 Å². The Morgan fingerprint density at radius 1 is 1.22 bits per heavy atom. The van der Waals surface area contributed by atoms with Gasteiger partial charge in [0.05, 0.1) is 29.7 Å². The average molecular weight is 240 g/mol. The third-order valence-electron chi connectivity index (χ3n) is 2.46. The summed E-state index contributed by atoms with van der Waals surface area (Å²) in [4.78, 5) is 23.2. The van der Waals surface area contributed by atoms with Crippen molar-refractivity contribution in [2.75, 3.05) is 0 Å². The van der Waals surface area contributed by atoms with Gasteiger partial charge >= 0.3 is 0 Å². The molecular formula is C14H12N2O2. The number of benzene rings is 1. The minimum Gasteiger partial charge on any atom is -0.299 e. The van der Waals surface area contributed by atoms with Gasteiger partial charge in [-0.05, 0) is 24.6 Å². The molecule has 0 heterocycles. The molecule has 0 aliphatic carbocycles. The van der Waals surface area contributed by atoms with E-state index in [1.165, 1.54) is 18.2 Å². The van der Waals surface area contributed by atoms with Crippen molar-refractivity contribution in [2.24, 2.45) is 0 Å². The van der Waals surface area contributed by atoms with E-state index in [0.29, 0.717) is 18.4 Å². The van der Waals surface area contributed by atoms with Crippen molar-refractivity contribution >= 4 is 11.6 Å². The van der Waals surface area contributed by atoms with Crippen molar-refractivity contribution in [3.63, 3.8) is 0 Å². The Balaban J connectivity index is 2.97. The molecule has 1 rings (SSSR count). The van der Waals surface area contributed by atoms with E-state index < -0.39 is 0 Å². The van der Waals surface area contributed by atoms with Gasteiger partial charge in [-0.1, -0.05) is 6.92 Å². The lowest BCUT2D eigenvalue weighted by molar-refractivity contribution is -0.118. The zero-order chi connectivity index (χ0) is 13.5. The van der Waals surface area contributed by atoms with E-state index in [1.54, 1.807) is 0 Å². The number of nitriles is 2. The Hall–Kier alpha value is -2.46. The van der Waals surface area contributed by atoms with Gasteiger partial charge in [-0.15, -0.1) is 0 Å². The highest BCUT2D eigenvalue weighted by molar-refractivity contribution is 6.09. The normalized spacial score (nSPS) is 9.28. The smallest absolute Gasteiger partial charge is 0.171 e. The molecule has 0 saturated carbocycles. The Morgan fingerprint density at radius 2 is 1.94 bits per heavy atom. The molecule has 0 aliphatic heterocycles. The monoisotopic (exact) mass is 240 g/mol. The zero-order valence-electron chi connectivity index (χ0n) is 10.1. The van der Waals surface area contributed by atoms with Crippen LogP contribution >= 0.6 is 0 Å². The first-order valence-electron chi connectivity index (χ1n) is 5.61. The maximum Gasteiger partial charge on any atom is 0.171 e. The van der Waals surface area contributed by atoms with E-state index in [-0.39, 0.29) is 29.1 Å². The lowest BCUT2D eigenvalue weighted by Gasteiger charge is -2.03. The summed E-state index contributed by atoms with van der Waals surface area (Å²) in [5.41, 5.74) is 0.673. The Morgan fingerprint density at radius 3 is 2.50 bits per heavy atom. The number of nitrogens with zero attached hydrogens (tertiary/aromatic N) is 2. The maximum absolute atomic E-state index is 11.9. The molecular weight excluding hydrogens is 228 g/mol. The van der Waals surface area contributed by atoms with Crippen molar-refractivity contribution < 1.29 is 9.59 Å². The number of hydrogen-bond acceptors (Lipinski definition) is 4. The van der Waals surface area contributed by atoms with E-state index in [2.05, 4.69) is 0 Å². The Labute approximate surface area is 105 Å². The van der Waals surface area contributed by atoms with Gasteiger partial charge in [0.25, 0.3) is 0 Å². The number of hydrogen-bond donors (Lipinski definition) is 0. The highest BCUT2D eigenvalue weighted by Gasteiger charge is 2.15. The van der Waals surface area contributed by atoms with Gasteiger partial charge in [0.15, 0.2) is 5.78 Å². The van der Waals surface area contributed by atoms with Crippen LogP contribution in [0.15, 0.2) is 18.2 Å². The summed E-state index contributed by atoms with van der Waals surface area (Å²) < 4.78 is 0. The first-order chi connectivity index (χ1) is 8.62. The van der Waals surface area contributed by atoms with Crippen LogP contribution in [0.1, 0.15) is 47.7 Å². The molecule has 0 unspecified atom stereocenters. The fraction of sp³-hybridized carbons (Fsp3) is 0.286. The molecule has 0 spiro atoms. The summed E-state index contributed by atoms with van der Waals surface area (Å²) in [5.74, 6) is -0.495. The predicted octanol–water partition coefficient (Wildman–Crippen LogP) is 2.37. The predicted molar refractivity (Wildman–Crippen MR) is 64.7 cm³/mol. The minimum absolute atomic E-state index is 0.129. The number of rotatable bonds is 5. The van der Waals surface area contributed by atoms with E-state index in [1.807, 2.05) is 19.1 Å². The van der Waals surface area contributed by atoms with Crippen LogP contribution in [0.25, 0.3) is 0 Å². The van der Waals surface area contributed by atoms with E-state index in [4.69, 9.17) is 10.5 Å². The highest BCUT2D eigenvalue weighted by atomic mass is 16.1. The van der Waals surface area contributed by atoms with Crippen LogP contribution in [0.4, 0.5) is 0 Å². The third kappa shape index (κ3) is 3.26. The fourth-order valence-corrected chi connectivity index (χ4v) is 1.59. The standard InChI is InChI=1S/C14H12N2O2/c1-2-3-12(17)7-14(18)13-5-4-10(8-15)6-11(13)9-16/h4-6H,2-3,7H2,1H3. The summed E-state index contributed by atoms with van der Waals surface area (Å²) in [7, 11) is 0. The van der Waals surface area contributed by atoms with Crippen molar-refractivity contribution in [3.8, 4) is 12.1 Å². The van der Waals surface area contributed by atoms with Gasteiger partial charge in [-0.3, -0.25) is 9.59 Å². The second-order valence-electron chi connectivity index (χ2n) is 3.87. The van der Waals surface area contributed by atoms with E-state index >= 15 is 0 Å². The van der Waals surface area contributed by atoms with Crippen LogP contribution < -0.4 is 0 Å². The van der Waals surface area contributed by atoms with Crippen LogP contribution in [0, 0.1) is 22.7 Å². The largest absolute Gasteiger partial charge is 0.299 e. The molecule has 18 heavy (non-hydrogen) atoms. The van der Waals surface area contributed by atoms with Crippen LogP contribution in [0.3, 0.4) is 0 Å². The number of carbonyl (C=O) groups excluding carboxylic acids is 2. The molecule has 0 radical (unpaired) electrons. The van der Waals surface area contributed by atoms with Crippen molar-refractivity contribution in [1.29, 1.82) is 10.5 Å². The van der Waals surface area contributed by atoms with Crippen LogP contribution in [-0.2, 0) is 4.79 Å². The lowest BCUT2D eigenvalue weighted by Crippen LogP contribution is -2.09. The Bertz CT molecular complexity index is 562. The van der Waals surface area contributed by atoms with Crippen LogP contribution in [0.2, 0.25) is 0 Å². The van der Waals surface area contributed by atoms with Crippen molar-refractivity contribution in [3.05, 3.63) is 34.9 Å². The van der Waals surface area contributed by atoms with E-state index in [9.17, 15) is 9.59 Å². The van der Waals surface area contributed by atoms with Crippen LogP contribution in [-0.4, -0.2) is 11.6 Å². The second-order valence-corrected chi connectivity index (χ2v) is 3.87. The SMILES string of the molecule is CCCC(=O)CC(=O)c1ccc(C#N)cc1C#N. The van der Waals surface area contributed by atoms with E-state index in [0.717, 1.165) is 0 Å². The van der Waals surface area contributed by atoms with Gasteiger partial charge < -0.3 is 0 Å². The zero-order valence-corrected chi connectivity index (χ0v) is 10.1. The topological polar surface area (TPSA) is 81.7 Å². The molecule has 0 aliphatic rings. The van der Waals surface area contributed by atoms with Gasteiger partial charge in [0.1, 0.15) is 5.78 Å². The van der Waals surface area contributed by atoms with Gasteiger partial charge in [-0.25, -0.2) is 0 Å². The molecule has 0 bridgehead atoms. The maximum atomic E-state index is 11.9. The first kappa shape index (κ1) is 13.6. The lowest BCUT2D eigenvalue weighted by atomic mass is 9.98. The molecule has 0 N–H and O–H groups in total. The first-order valence-corrected chi connectivity index (χ1v) is 5.61. The van der Waals surface area contributed by atoms with Crippen LogP contribution in [0.5, 0.6) is 0 Å². The number of Topliss-reactive ketones (excluding diaryl/α,β-unsaturated/α-hetero) is 2. The minimum atomic E-state index is -0.366. The highest BCUT2D eigenvalue weighted by Crippen LogP contribution is 2.14. The van der Waals surface area contributed by atoms with Crippen molar-refractivity contribution in [2.45, 2.75) is 26.2 Å². The second kappa shape index (κ2) is 6.32. The summed E-state index contributed by atoms with van der Waals surface area (Å²) in [6, 6.07) is 8.03. The molecule has 0 aromatic heterocycles. The fourth-order valence-electron chi connectivity index (χ4n) is 1.59. The summed E-state index contributed by atoms with van der Waals surface area (Å²) >= 11 is 0. The molecule has 4 heteroatoms. The molecule has 0 amide bonds. The number of carbonyl (C=O) groups is 2. The molecule has 90 valence electrons. The molecule has 1 aromatic carbocycles. The number of ketones is 2. The molecule has 4 nitrogen and oxygen atoms in total. The average Bonchev–Trinajstić information content (AvgIpc) is 2.38. The molecule has 0 saturated heterocycles. The molecule has 0 fully saturated rings. The molecule has 0 atom stereocenters. The third-order valence-corrected chi connectivity index (χ3v) is 2.46. The van der Waals surface area contributed by atoms with Gasteiger partial charge in [0, 0.05) is 12.0 Å². The van der Waals surface area contributed by atoms with Gasteiger partial charge in [0.2, 0.25) is 0 Å². The quantitative estimate of drug-likeness (QED) is 0.584. The summed E-state index contributed by atoms with van der Waals surface area (Å²) in [5, 5.41) is 17.6. The molecule has 1 aromatic rings. The summed E-state index contributed by atoms with van der Waals surface area (Å²) in [6.45, 7) is 1.87. The van der Waals surface area contributed by atoms with Gasteiger partial charge in [-0.2, -0.15) is 10.5 Å². The Kier molecular flexibility index (Phi) is 4.78.